The molecule has 0 saturated heterocycles. The van der Waals surface area contributed by atoms with Crippen LogP contribution in [0.1, 0.15) is 53.0 Å². The number of ketones is 2. The summed E-state index contributed by atoms with van der Waals surface area (Å²) in [4.78, 5) is 28.9. The maximum Gasteiger partial charge on any atom is 0.166 e. The summed E-state index contributed by atoms with van der Waals surface area (Å²) in [6, 6.07) is 10.3. The molecule has 0 saturated carbocycles. The molecule has 1 aromatic heterocycles. The van der Waals surface area contributed by atoms with Crippen LogP contribution in [-0.4, -0.2) is 21.7 Å². The first-order chi connectivity index (χ1) is 12.9. The topological polar surface area (TPSA) is 79.3 Å². The molecule has 0 bridgehead atoms. The lowest BCUT2D eigenvalue weighted by atomic mass is 10.0. The number of nitrogens with zero attached hydrogens (tertiary/aromatic N) is 1. The lowest BCUT2D eigenvalue weighted by Gasteiger charge is -2.16. The number of benzene rings is 2. The number of anilines is 2. The van der Waals surface area contributed by atoms with Crippen LogP contribution < -0.4 is 5.32 Å². The van der Waals surface area contributed by atoms with Gasteiger partial charge in [-0.25, -0.2) is 0 Å². The summed E-state index contributed by atoms with van der Waals surface area (Å²) in [5.74, 6) is 0.131. The number of hydrogen-bond acceptors (Lipinski definition) is 5. The van der Waals surface area contributed by atoms with Gasteiger partial charge in [-0.05, 0) is 62.2 Å². The Kier molecular flexibility index (Phi) is 5.21. The fraction of sp³-hybridized carbons (Fsp3) is 0.227. The van der Waals surface area contributed by atoms with Crippen LogP contribution in [0.5, 0.6) is 5.75 Å². The van der Waals surface area contributed by atoms with Crippen molar-refractivity contribution in [1.29, 1.82) is 0 Å². The number of aromatic nitrogens is 1. The zero-order valence-corrected chi connectivity index (χ0v) is 15.7. The van der Waals surface area contributed by atoms with Crippen molar-refractivity contribution in [3.05, 3.63) is 59.3 Å². The number of rotatable bonds is 6. The van der Waals surface area contributed by atoms with Gasteiger partial charge in [-0.2, -0.15) is 0 Å². The van der Waals surface area contributed by atoms with E-state index in [2.05, 4.69) is 10.3 Å². The maximum absolute atomic E-state index is 12.7. The molecule has 138 valence electrons. The quantitative estimate of drug-likeness (QED) is 0.467. The number of nitrogens with one attached hydrogen (secondary N) is 1. The lowest BCUT2D eigenvalue weighted by Crippen LogP contribution is -2.06. The van der Waals surface area contributed by atoms with Crippen LogP contribution in [0, 0.1) is 6.92 Å². The molecule has 0 unspecified atom stereocenters. The molecular weight excluding hydrogens is 340 g/mol. The number of carbonyl (C=O) groups excluding carboxylic acids is 2. The first-order valence-corrected chi connectivity index (χ1v) is 8.94. The van der Waals surface area contributed by atoms with Crippen molar-refractivity contribution in [1.82, 2.24) is 4.98 Å². The molecule has 0 aliphatic carbocycles. The SMILES string of the molecule is CCCC(=O)c1cnc2ccc(C(C)=O)cc2c1Nc1ccc(O)cc1C. The average Bonchev–Trinajstić information content (AvgIpc) is 2.63. The van der Waals surface area contributed by atoms with Gasteiger partial charge in [0.25, 0.3) is 0 Å². The van der Waals surface area contributed by atoms with E-state index in [1.807, 2.05) is 13.8 Å². The highest BCUT2D eigenvalue weighted by Crippen LogP contribution is 2.33. The van der Waals surface area contributed by atoms with Crippen LogP contribution in [0.25, 0.3) is 10.9 Å². The van der Waals surface area contributed by atoms with Crippen molar-refractivity contribution < 1.29 is 14.7 Å². The third kappa shape index (κ3) is 3.82. The Morgan fingerprint density at radius 3 is 2.59 bits per heavy atom. The number of phenolic OH excluding ortho intramolecular Hbond substituents is 1. The molecule has 3 rings (SSSR count). The van der Waals surface area contributed by atoms with Gasteiger partial charge < -0.3 is 10.4 Å². The van der Waals surface area contributed by atoms with Gasteiger partial charge in [0.1, 0.15) is 5.75 Å². The minimum Gasteiger partial charge on any atom is -0.508 e. The Bertz CT molecular complexity index is 1040. The molecule has 27 heavy (non-hydrogen) atoms. The lowest BCUT2D eigenvalue weighted by molar-refractivity contribution is 0.0980. The summed E-state index contributed by atoms with van der Waals surface area (Å²) in [6.45, 7) is 5.34. The molecule has 1 heterocycles. The fourth-order valence-electron chi connectivity index (χ4n) is 3.04. The molecule has 2 N–H and O–H groups in total. The van der Waals surface area contributed by atoms with Crippen molar-refractivity contribution in [2.75, 3.05) is 5.32 Å². The van der Waals surface area contributed by atoms with Crippen molar-refractivity contribution in [3.8, 4) is 5.75 Å². The summed E-state index contributed by atoms with van der Waals surface area (Å²) in [5.41, 5.74) is 4.02. The second-order valence-corrected chi connectivity index (χ2v) is 6.63. The van der Waals surface area contributed by atoms with Gasteiger partial charge in [0.15, 0.2) is 11.6 Å². The first-order valence-electron chi connectivity index (χ1n) is 8.94. The number of Topliss-reactive ketones (excluding diaryl/α,β-unsaturated/α-hetero) is 2. The molecule has 5 nitrogen and oxygen atoms in total. The van der Waals surface area contributed by atoms with E-state index in [0.717, 1.165) is 23.1 Å². The second-order valence-electron chi connectivity index (χ2n) is 6.63. The number of phenols is 1. The molecule has 0 radical (unpaired) electrons. The molecule has 0 fully saturated rings. The molecule has 0 atom stereocenters. The van der Waals surface area contributed by atoms with E-state index in [9.17, 15) is 14.7 Å². The molecule has 0 aliphatic rings. The van der Waals surface area contributed by atoms with E-state index in [1.54, 1.807) is 42.6 Å². The highest BCUT2D eigenvalue weighted by atomic mass is 16.3. The van der Waals surface area contributed by atoms with E-state index in [1.165, 1.54) is 6.92 Å². The minimum atomic E-state index is -0.0473. The number of pyridine rings is 1. The number of hydrogen-bond donors (Lipinski definition) is 2. The van der Waals surface area contributed by atoms with Crippen molar-refractivity contribution >= 4 is 33.8 Å². The van der Waals surface area contributed by atoms with Gasteiger partial charge in [-0.3, -0.25) is 14.6 Å². The van der Waals surface area contributed by atoms with Gasteiger partial charge in [-0.15, -0.1) is 0 Å². The van der Waals surface area contributed by atoms with Crippen LogP contribution >= 0.6 is 0 Å². The largest absolute Gasteiger partial charge is 0.508 e. The smallest absolute Gasteiger partial charge is 0.166 e. The average molecular weight is 362 g/mol. The Morgan fingerprint density at radius 2 is 1.93 bits per heavy atom. The molecule has 0 spiro atoms. The summed E-state index contributed by atoms with van der Waals surface area (Å²) < 4.78 is 0. The van der Waals surface area contributed by atoms with Crippen LogP contribution in [0.3, 0.4) is 0 Å². The van der Waals surface area contributed by atoms with Gasteiger partial charge >= 0.3 is 0 Å². The highest BCUT2D eigenvalue weighted by Gasteiger charge is 2.17. The van der Waals surface area contributed by atoms with Crippen molar-refractivity contribution in [2.45, 2.75) is 33.6 Å². The fourth-order valence-corrected chi connectivity index (χ4v) is 3.04. The molecule has 0 aliphatic heterocycles. The van der Waals surface area contributed by atoms with Crippen LogP contribution in [0.15, 0.2) is 42.6 Å². The third-order valence-corrected chi connectivity index (χ3v) is 4.52. The Labute approximate surface area is 158 Å². The maximum atomic E-state index is 12.7. The number of carbonyl (C=O) groups is 2. The van der Waals surface area contributed by atoms with Crippen molar-refractivity contribution in [3.63, 3.8) is 0 Å². The predicted octanol–water partition coefficient (Wildman–Crippen LogP) is 5.18. The Hall–Kier alpha value is -3.21. The summed E-state index contributed by atoms with van der Waals surface area (Å²) in [7, 11) is 0. The zero-order valence-electron chi connectivity index (χ0n) is 15.7. The molecule has 5 heteroatoms. The molecule has 3 aromatic rings. The van der Waals surface area contributed by atoms with Crippen molar-refractivity contribution in [2.24, 2.45) is 0 Å². The molecular formula is C22H22N2O3. The van der Waals surface area contributed by atoms with E-state index < -0.39 is 0 Å². The van der Waals surface area contributed by atoms with Crippen LogP contribution in [0.4, 0.5) is 11.4 Å². The number of aryl methyl sites for hydroxylation is 1. The van der Waals surface area contributed by atoms with E-state index in [-0.39, 0.29) is 17.3 Å². The third-order valence-electron chi connectivity index (χ3n) is 4.52. The summed E-state index contributed by atoms with van der Waals surface area (Å²) >= 11 is 0. The van der Waals surface area contributed by atoms with Crippen LogP contribution in [0.2, 0.25) is 0 Å². The van der Waals surface area contributed by atoms with Crippen LogP contribution in [-0.2, 0) is 0 Å². The van der Waals surface area contributed by atoms with E-state index in [4.69, 9.17) is 0 Å². The van der Waals surface area contributed by atoms with Gasteiger partial charge in [-0.1, -0.05) is 6.92 Å². The van der Waals surface area contributed by atoms with Gasteiger partial charge in [0.05, 0.1) is 16.8 Å². The van der Waals surface area contributed by atoms with E-state index >= 15 is 0 Å². The second kappa shape index (κ2) is 7.58. The highest BCUT2D eigenvalue weighted by molar-refractivity contribution is 6.10. The van der Waals surface area contributed by atoms with Gasteiger partial charge in [0.2, 0.25) is 0 Å². The van der Waals surface area contributed by atoms with Gasteiger partial charge in [0, 0.05) is 29.3 Å². The van der Waals surface area contributed by atoms with E-state index in [0.29, 0.717) is 28.8 Å². The monoisotopic (exact) mass is 362 g/mol. The zero-order chi connectivity index (χ0) is 19.6. The minimum absolute atomic E-state index is 0.000871. The number of fused-ring (bicyclic) bond motifs is 1. The molecule has 2 aromatic carbocycles. The summed E-state index contributed by atoms with van der Waals surface area (Å²) in [6.07, 6.45) is 2.75. The predicted molar refractivity (Wildman–Crippen MR) is 107 cm³/mol. The summed E-state index contributed by atoms with van der Waals surface area (Å²) in [5, 5.41) is 13.7. The first kappa shape index (κ1) is 18.6. The Balaban J connectivity index is 2.23. The standard InChI is InChI=1S/C22H22N2O3/c1-4-5-21(27)18-12-23-20-8-6-15(14(3)25)11-17(20)22(18)24-19-9-7-16(26)10-13(19)2/h6-12,26H,4-5H2,1-3H3,(H,23,24). The Morgan fingerprint density at radius 1 is 1.15 bits per heavy atom. The normalized spacial score (nSPS) is 10.8. The molecule has 0 amide bonds. The number of aromatic hydroxyl groups is 1.